The zero-order chi connectivity index (χ0) is 36.3. The Morgan fingerprint density at radius 2 is 1.57 bits per heavy atom. The van der Waals surface area contributed by atoms with E-state index in [0.29, 0.717) is 22.1 Å². The maximum atomic E-state index is 14.7. The highest BCUT2D eigenvalue weighted by atomic mass is 32.2. The summed E-state index contributed by atoms with van der Waals surface area (Å²) in [6.45, 7) is 7.32. The topological polar surface area (TPSA) is 165 Å². The van der Waals surface area contributed by atoms with Gasteiger partial charge in [0.15, 0.2) is 5.82 Å². The van der Waals surface area contributed by atoms with Crippen molar-refractivity contribution in [2.24, 2.45) is 0 Å². The molecule has 0 unspecified atom stereocenters. The Morgan fingerprint density at radius 1 is 0.939 bits per heavy atom. The maximum Gasteiger partial charge on any atom is 0.534 e. The second-order valence-electron chi connectivity index (χ2n) is 11.8. The van der Waals surface area contributed by atoms with Crippen molar-refractivity contribution < 1.29 is 49.7 Å². The molecule has 0 aliphatic rings. The SMILES string of the molecule is C[C@@H](NC(=O)[C@H](Cc1ccc(-c2ncc(-c3ccc(OS(=O)(=O)C(F)(F)F)cc3F)cn2)cc1)NC(=O)c1ccc(C(C)(C)C)s1)C(=O)O. The molecule has 2 aromatic heterocycles. The first-order valence-electron chi connectivity index (χ1n) is 14.4. The summed E-state index contributed by atoms with van der Waals surface area (Å²) < 4.78 is 78.8. The number of carbonyl (C=O) groups is 3. The van der Waals surface area contributed by atoms with E-state index in [2.05, 4.69) is 24.8 Å². The number of alkyl halides is 3. The molecule has 2 aromatic carbocycles. The third-order valence-electron chi connectivity index (χ3n) is 6.96. The van der Waals surface area contributed by atoms with E-state index in [-0.39, 0.29) is 28.8 Å². The molecule has 2 heterocycles. The lowest BCUT2D eigenvalue weighted by molar-refractivity contribution is -0.141. The number of nitrogens with one attached hydrogen (secondary N) is 2. The lowest BCUT2D eigenvalue weighted by atomic mass is 9.95. The lowest BCUT2D eigenvalue weighted by Crippen LogP contribution is -2.51. The number of carbonyl (C=O) groups excluding carboxylic acids is 2. The Labute approximate surface area is 282 Å². The molecule has 2 atom stereocenters. The molecule has 0 aliphatic carbocycles. The van der Waals surface area contributed by atoms with Gasteiger partial charge in [-0.3, -0.25) is 14.4 Å². The van der Waals surface area contributed by atoms with E-state index in [1.165, 1.54) is 30.7 Å². The van der Waals surface area contributed by atoms with Crippen LogP contribution in [0.25, 0.3) is 22.5 Å². The minimum absolute atomic E-state index is 0.0186. The number of hydrogen-bond acceptors (Lipinski definition) is 9. The van der Waals surface area contributed by atoms with Gasteiger partial charge in [0.25, 0.3) is 5.91 Å². The average Bonchev–Trinajstić information content (AvgIpc) is 3.52. The molecule has 2 amide bonds. The molecule has 0 radical (unpaired) electrons. The van der Waals surface area contributed by atoms with Crippen molar-refractivity contribution in [3.8, 4) is 28.3 Å². The standard InChI is InChI=1S/C32H30F4N4O7S2/c1-17(30(43)44)39-28(41)24(40-29(42)25-11-12-26(48-25)31(2,3)4)13-18-5-7-19(8-6-18)27-37-15-20(16-38-27)22-10-9-21(14-23(22)33)47-49(45,46)32(34,35)36/h5-12,14-17,24H,13H2,1-4H3,(H,39,41)(H,40,42)(H,43,44)/t17-,24+/m1/s1. The van der Waals surface area contributed by atoms with E-state index in [9.17, 15) is 45.5 Å². The van der Waals surface area contributed by atoms with Gasteiger partial charge in [0, 0.05) is 46.4 Å². The van der Waals surface area contributed by atoms with Gasteiger partial charge in [0.2, 0.25) is 5.91 Å². The Morgan fingerprint density at radius 3 is 2.10 bits per heavy atom. The molecular formula is C32H30F4N4O7S2. The molecule has 11 nitrogen and oxygen atoms in total. The van der Waals surface area contributed by atoms with Crippen LogP contribution in [0.1, 0.15) is 47.8 Å². The molecule has 0 saturated carbocycles. The predicted molar refractivity (Wildman–Crippen MR) is 172 cm³/mol. The highest BCUT2D eigenvalue weighted by Crippen LogP contribution is 2.31. The molecule has 3 N–H and O–H groups in total. The van der Waals surface area contributed by atoms with Crippen LogP contribution in [0.3, 0.4) is 0 Å². The number of benzene rings is 2. The summed E-state index contributed by atoms with van der Waals surface area (Å²) in [5, 5.41) is 14.4. The van der Waals surface area contributed by atoms with E-state index in [1.807, 2.05) is 26.8 Å². The second-order valence-corrected chi connectivity index (χ2v) is 14.5. The van der Waals surface area contributed by atoms with Crippen molar-refractivity contribution in [2.75, 3.05) is 0 Å². The van der Waals surface area contributed by atoms with Crippen LogP contribution in [0.2, 0.25) is 0 Å². The first-order chi connectivity index (χ1) is 22.7. The zero-order valence-corrected chi connectivity index (χ0v) is 28.0. The fourth-order valence-corrected chi connectivity index (χ4v) is 5.69. The highest BCUT2D eigenvalue weighted by molar-refractivity contribution is 7.88. The smallest absolute Gasteiger partial charge is 0.480 e. The van der Waals surface area contributed by atoms with Crippen LogP contribution in [-0.4, -0.2) is 58.9 Å². The zero-order valence-electron chi connectivity index (χ0n) is 26.3. The Bertz CT molecular complexity index is 1960. The number of thiophene rings is 1. The van der Waals surface area contributed by atoms with Crippen molar-refractivity contribution in [1.29, 1.82) is 0 Å². The quantitative estimate of drug-likeness (QED) is 0.104. The van der Waals surface area contributed by atoms with E-state index in [0.717, 1.165) is 17.0 Å². The van der Waals surface area contributed by atoms with Gasteiger partial charge >= 0.3 is 21.6 Å². The van der Waals surface area contributed by atoms with E-state index in [4.69, 9.17) is 0 Å². The van der Waals surface area contributed by atoms with Crippen molar-refractivity contribution in [3.05, 3.63) is 88.1 Å². The van der Waals surface area contributed by atoms with Gasteiger partial charge in [0.1, 0.15) is 23.7 Å². The average molecular weight is 723 g/mol. The third kappa shape index (κ3) is 9.17. The number of halogens is 4. The Kier molecular flexibility index (Phi) is 10.8. The highest BCUT2D eigenvalue weighted by Gasteiger charge is 2.48. The summed E-state index contributed by atoms with van der Waals surface area (Å²) in [5.41, 5.74) is -4.71. The Balaban J connectivity index is 1.49. The molecule has 17 heteroatoms. The monoisotopic (exact) mass is 722 g/mol. The second kappa shape index (κ2) is 14.3. The molecule has 0 saturated heterocycles. The number of nitrogens with zero attached hydrogens (tertiary/aromatic N) is 2. The van der Waals surface area contributed by atoms with Gasteiger partial charge in [0.05, 0.1) is 4.88 Å². The van der Waals surface area contributed by atoms with Gasteiger partial charge in [-0.15, -0.1) is 11.3 Å². The number of carboxylic acids is 1. The van der Waals surface area contributed by atoms with Gasteiger partial charge in [-0.2, -0.15) is 21.6 Å². The largest absolute Gasteiger partial charge is 0.534 e. The summed E-state index contributed by atoms with van der Waals surface area (Å²) in [4.78, 5) is 47.3. The summed E-state index contributed by atoms with van der Waals surface area (Å²) in [7, 11) is -5.98. The van der Waals surface area contributed by atoms with Gasteiger partial charge in [-0.25, -0.2) is 14.4 Å². The van der Waals surface area contributed by atoms with Crippen LogP contribution in [0.5, 0.6) is 5.75 Å². The first-order valence-corrected chi connectivity index (χ1v) is 16.6. The summed E-state index contributed by atoms with van der Waals surface area (Å²) in [6.07, 6.45) is 2.54. The molecule has 0 bridgehead atoms. The van der Waals surface area contributed by atoms with E-state index < -0.39 is 57.1 Å². The summed E-state index contributed by atoms with van der Waals surface area (Å²) in [5.74, 6) is -4.14. The normalized spacial score (nSPS) is 13.3. The van der Waals surface area contributed by atoms with Crippen LogP contribution >= 0.6 is 11.3 Å². The molecule has 4 aromatic rings. The third-order valence-corrected chi connectivity index (χ3v) is 9.45. The van der Waals surface area contributed by atoms with Crippen LogP contribution in [0.4, 0.5) is 17.6 Å². The molecule has 0 fully saturated rings. The van der Waals surface area contributed by atoms with Crippen molar-refractivity contribution in [1.82, 2.24) is 20.6 Å². The molecule has 0 spiro atoms. The number of rotatable bonds is 11. The minimum Gasteiger partial charge on any atom is -0.480 e. The number of aliphatic carboxylic acids is 1. The molecule has 49 heavy (non-hydrogen) atoms. The number of aromatic nitrogens is 2. The van der Waals surface area contributed by atoms with Crippen LogP contribution in [-0.2, 0) is 31.5 Å². The number of hydrogen-bond donors (Lipinski definition) is 3. The Hall–Kier alpha value is -4.90. The molecule has 4 rings (SSSR count). The van der Waals surface area contributed by atoms with E-state index in [1.54, 1.807) is 30.3 Å². The predicted octanol–water partition coefficient (Wildman–Crippen LogP) is 5.47. The van der Waals surface area contributed by atoms with Crippen LogP contribution < -0.4 is 14.8 Å². The van der Waals surface area contributed by atoms with Gasteiger partial charge in [-0.05, 0) is 42.2 Å². The van der Waals surface area contributed by atoms with Gasteiger partial charge in [-0.1, -0.05) is 45.0 Å². The molecule has 260 valence electrons. The summed E-state index contributed by atoms with van der Waals surface area (Å²) >= 11 is 1.29. The molecule has 0 aliphatic heterocycles. The van der Waals surface area contributed by atoms with Crippen LogP contribution in [0.15, 0.2) is 67.0 Å². The fourth-order valence-electron chi connectivity index (χ4n) is 4.27. The van der Waals surface area contributed by atoms with Gasteiger partial charge < -0.3 is 19.9 Å². The summed E-state index contributed by atoms with van der Waals surface area (Å²) in [6, 6.07) is 10.2. The fraction of sp³-hybridized carbons (Fsp3) is 0.281. The van der Waals surface area contributed by atoms with Crippen molar-refractivity contribution in [3.63, 3.8) is 0 Å². The number of carboxylic acid groups (broad SMARTS) is 1. The maximum absolute atomic E-state index is 14.7. The van der Waals surface area contributed by atoms with Crippen molar-refractivity contribution in [2.45, 2.75) is 57.1 Å². The van der Waals surface area contributed by atoms with E-state index >= 15 is 0 Å². The van der Waals surface area contributed by atoms with Crippen LogP contribution in [0, 0.1) is 5.82 Å². The molecular weight excluding hydrogens is 692 g/mol. The number of amides is 2. The lowest BCUT2D eigenvalue weighted by Gasteiger charge is -2.20. The van der Waals surface area contributed by atoms with Crippen molar-refractivity contribution >= 4 is 39.2 Å². The first kappa shape index (κ1) is 36.9. The minimum atomic E-state index is -5.98.